The lowest BCUT2D eigenvalue weighted by Crippen LogP contribution is -2.18. The van der Waals surface area contributed by atoms with E-state index in [0.29, 0.717) is 11.4 Å². The second kappa shape index (κ2) is 5.83. The Morgan fingerprint density at radius 3 is 2.64 bits per heavy atom. The number of carbonyl (C=O) groups excluding carboxylic acids is 1. The zero-order valence-corrected chi connectivity index (χ0v) is 11.9. The van der Waals surface area contributed by atoms with Gasteiger partial charge in [-0.15, -0.1) is 0 Å². The number of methoxy groups -OCH3 is 1. The summed E-state index contributed by atoms with van der Waals surface area (Å²) in [5, 5.41) is 10.9. The van der Waals surface area contributed by atoms with Crippen LogP contribution < -0.4 is 0 Å². The van der Waals surface area contributed by atoms with Crippen LogP contribution in [-0.2, 0) is 9.53 Å². The summed E-state index contributed by atoms with van der Waals surface area (Å²) in [4.78, 5) is 15.8. The van der Waals surface area contributed by atoms with Crippen LogP contribution in [0, 0.1) is 0 Å². The number of ether oxygens (including phenoxy) is 1. The fourth-order valence-corrected chi connectivity index (χ4v) is 2.22. The number of hydrogen-bond acceptors (Lipinski definition) is 5. The molecule has 5 nitrogen and oxygen atoms in total. The first-order valence-corrected chi connectivity index (χ1v) is 6.71. The number of carbonyl (C=O) groups is 1. The van der Waals surface area contributed by atoms with Crippen molar-refractivity contribution in [3.05, 3.63) is 77.2 Å². The van der Waals surface area contributed by atoms with Crippen molar-refractivity contribution in [1.82, 2.24) is 5.06 Å². The van der Waals surface area contributed by atoms with Gasteiger partial charge in [0.1, 0.15) is 6.34 Å². The fourth-order valence-electron chi connectivity index (χ4n) is 2.22. The molecule has 0 saturated heterocycles. The number of ketones is 1. The number of hydrogen-bond donors (Lipinski definition) is 1. The average Bonchev–Trinajstić information content (AvgIpc) is 2.57. The molecule has 0 fully saturated rings. The van der Waals surface area contributed by atoms with Gasteiger partial charge in [0.15, 0.2) is 5.76 Å². The molecule has 0 saturated carbocycles. The van der Waals surface area contributed by atoms with Gasteiger partial charge >= 0.3 is 0 Å². The van der Waals surface area contributed by atoms with Crippen LogP contribution in [0.25, 0.3) is 5.70 Å². The Bertz CT molecular complexity index is 755. The maximum atomic E-state index is 11.6. The van der Waals surface area contributed by atoms with Crippen LogP contribution >= 0.6 is 0 Å². The lowest BCUT2D eigenvalue weighted by atomic mass is 10.0. The molecule has 1 N–H and O–H groups in total. The third-order valence-corrected chi connectivity index (χ3v) is 3.36. The molecule has 3 rings (SSSR count). The zero-order valence-electron chi connectivity index (χ0n) is 11.9. The van der Waals surface area contributed by atoms with E-state index in [2.05, 4.69) is 4.99 Å². The van der Waals surface area contributed by atoms with Crippen molar-refractivity contribution in [2.24, 2.45) is 4.99 Å². The Morgan fingerprint density at radius 2 is 1.91 bits per heavy atom. The number of allylic oxidation sites excluding steroid dienone is 5. The van der Waals surface area contributed by atoms with Crippen LogP contribution in [0.15, 0.2) is 76.7 Å². The number of aliphatic imine (C=N–C) groups is 1. The summed E-state index contributed by atoms with van der Waals surface area (Å²) in [6.07, 6.45) is 7.85. The minimum absolute atomic E-state index is 0.178. The molecule has 1 aromatic carbocycles. The van der Waals surface area contributed by atoms with E-state index >= 15 is 0 Å². The number of benzene rings is 1. The van der Waals surface area contributed by atoms with Crippen molar-refractivity contribution in [3.63, 3.8) is 0 Å². The third kappa shape index (κ3) is 2.62. The average molecular weight is 294 g/mol. The third-order valence-electron chi connectivity index (χ3n) is 3.36. The highest BCUT2D eigenvalue weighted by molar-refractivity contribution is 6.04. The first-order valence-electron chi connectivity index (χ1n) is 6.71. The summed E-state index contributed by atoms with van der Waals surface area (Å²) in [6, 6.07) is 9.49. The summed E-state index contributed by atoms with van der Waals surface area (Å²) in [7, 11) is 1.45. The van der Waals surface area contributed by atoms with Gasteiger partial charge in [-0.1, -0.05) is 30.3 Å². The molecule has 1 aromatic rings. The first-order chi connectivity index (χ1) is 10.7. The number of nitrogens with zero attached hydrogens (tertiary/aromatic N) is 2. The van der Waals surface area contributed by atoms with Crippen molar-refractivity contribution in [3.8, 4) is 0 Å². The van der Waals surface area contributed by atoms with Gasteiger partial charge in [-0.2, -0.15) is 0 Å². The van der Waals surface area contributed by atoms with Crippen molar-refractivity contribution >= 4 is 17.8 Å². The summed E-state index contributed by atoms with van der Waals surface area (Å²) >= 11 is 0. The van der Waals surface area contributed by atoms with Crippen LogP contribution in [-0.4, -0.2) is 29.5 Å². The normalized spacial score (nSPS) is 20.8. The molecule has 1 heterocycles. The highest BCUT2D eigenvalue weighted by Crippen LogP contribution is 2.26. The molecule has 0 radical (unpaired) electrons. The van der Waals surface area contributed by atoms with Gasteiger partial charge in [0, 0.05) is 11.1 Å². The summed E-state index contributed by atoms with van der Waals surface area (Å²) in [5.41, 5.74) is 2.86. The maximum Gasteiger partial charge on any atom is 0.220 e. The fraction of sp³-hybridized carbons (Fsp3) is 0.0588. The van der Waals surface area contributed by atoms with Gasteiger partial charge < -0.3 is 4.74 Å². The standard InChI is InChI=1S/C17H14N2O3/c1-22-17-9-13(7-8-16(17)20)14-10-15(19(21)11-18-14)12-5-3-2-4-6-12/h2-11,21H,1H3. The zero-order chi connectivity index (χ0) is 15.5. The highest BCUT2D eigenvalue weighted by Gasteiger charge is 2.17. The molecule has 0 amide bonds. The monoisotopic (exact) mass is 294 g/mol. The number of hydroxylamine groups is 2. The van der Waals surface area contributed by atoms with Gasteiger partial charge in [0.05, 0.1) is 18.5 Å². The molecule has 0 atom stereocenters. The number of rotatable bonds is 2. The molecule has 0 unspecified atom stereocenters. The quantitative estimate of drug-likeness (QED) is 0.911. The Kier molecular flexibility index (Phi) is 3.72. The molecule has 0 spiro atoms. The minimum Gasteiger partial charge on any atom is -0.493 e. The van der Waals surface area contributed by atoms with Crippen LogP contribution in [0.2, 0.25) is 0 Å². The topological polar surface area (TPSA) is 62.1 Å². The van der Waals surface area contributed by atoms with E-state index in [4.69, 9.17) is 4.74 Å². The van der Waals surface area contributed by atoms with Gasteiger partial charge in [-0.25, -0.2) is 10.1 Å². The predicted molar refractivity (Wildman–Crippen MR) is 82.8 cm³/mol. The molecule has 110 valence electrons. The van der Waals surface area contributed by atoms with E-state index in [1.807, 2.05) is 30.3 Å². The van der Waals surface area contributed by atoms with Crippen molar-refractivity contribution in [2.45, 2.75) is 0 Å². The molecule has 0 bridgehead atoms. The van der Waals surface area contributed by atoms with E-state index in [9.17, 15) is 10.0 Å². The Hall–Kier alpha value is -2.92. The molecule has 1 aliphatic carbocycles. The summed E-state index contributed by atoms with van der Waals surface area (Å²) in [5.74, 6) is 0.0870. The lowest BCUT2D eigenvalue weighted by molar-refractivity contribution is -0.114. The second-order valence-corrected chi connectivity index (χ2v) is 4.74. The largest absolute Gasteiger partial charge is 0.493 e. The van der Waals surface area contributed by atoms with Crippen LogP contribution in [0.1, 0.15) is 5.56 Å². The van der Waals surface area contributed by atoms with Crippen LogP contribution in [0.5, 0.6) is 0 Å². The lowest BCUT2D eigenvalue weighted by Gasteiger charge is -2.20. The van der Waals surface area contributed by atoms with E-state index in [1.165, 1.54) is 19.5 Å². The smallest absolute Gasteiger partial charge is 0.220 e. The van der Waals surface area contributed by atoms with Gasteiger partial charge in [-0.3, -0.25) is 10.0 Å². The predicted octanol–water partition coefficient (Wildman–Crippen LogP) is 2.68. The maximum absolute atomic E-state index is 11.6. The van der Waals surface area contributed by atoms with Gasteiger partial charge in [0.2, 0.25) is 5.78 Å². The summed E-state index contributed by atoms with van der Waals surface area (Å²) in [6.45, 7) is 0. The van der Waals surface area contributed by atoms with Crippen molar-refractivity contribution in [2.75, 3.05) is 7.11 Å². The Labute approximate surface area is 127 Å². The van der Waals surface area contributed by atoms with Crippen LogP contribution in [0.4, 0.5) is 0 Å². The molecular formula is C17H14N2O3. The van der Waals surface area contributed by atoms with Gasteiger partial charge in [-0.05, 0) is 24.3 Å². The first kappa shape index (κ1) is 14.0. The molecular weight excluding hydrogens is 280 g/mol. The van der Waals surface area contributed by atoms with Gasteiger partial charge in [0.25, 0.3) is 0 Å². The van der Waals surface area contributed by atoms with E-state index < -0.39 is 0 Å². The van der Waals surface area contributed by atoms with Crippen LogP contribution in [0.3, 0.4) is 0 Å². The van der Waals surface area contributed by atoms with E-state index in [-0.39, 0.29) is 11.5 Å². The molecule has 1 aliphatic heterocycles. The van der Waals surface area contributed by atoms with Crippen molar-refractivity contribution < 1.29 is 14.7 Å². The van der Waals surface area contributed by atoms with Crippen molar-refractivity contribution in [1.29, 1.82) is 0 Å². The molecule has 2 aliphatic rings. The SMILES string of the molecule is COC1=CC(=C2C=C(c3ccccc3)N(O)C=N2)C=CC1=O. The molecule has 5 heteroatoms. The summed E-state index contributed by atoms with van der Waals surface area (Å²) < 4.78 is 5.05. The molecule has 0 aromatic heterocycles. The Morgan fingerprint density at radius 1 is 1.14 bits per heavy atom. The Balaban J connectivity index is 2.05. The molecule has 22 heavy (non-hydrogen) atoms. The van der Waals surface area contributed by atoms with E-state index in [0.717, 1.165) is 16.2 Å². The highest BCUT2D eigenvalue weighted by atomic mass is 16.5. The van der Waals surface area contributed by atoms with E-state index in [1.54, 1.807) is 18.2 Å². The minimum atomic E-state index is -0.178. The second-order valence-electron chi connectivity index (χ2n) is 4.74.